The molecular formula is C18H17FN4O2S. The number of benzene rings is 1. The van der Waals surface area contributed by atoms with E-state index in [1.54, 1.807) is 25.3 Å². The topological polar surface area (TPSA) is 80.9 Å². The van der Waals surface area contributed by atoms with Crippen LogP contribution in [0.5, 0.6) is 0 Å². The van der Waals surface area contributed by atoms with E-state index in [0.717, 1.165) is 5.56 Å². The van der Waals surface area contributed by atoms with E-state index in [1.165, 1.54) is 23.9 Å². The molecule has 0 aliphatic rings. The predicted molar refractivity (Wildman–Crippen MR) is 97.4 cm³/mol. The van der Waals surface area contributed by atoms with Crippen LogP contribution in [0, 0.1) is 12.7 Å². The smallest absolute Gasteiger partial charge is 0.259 e. The summed E-state index contributed by atoms with van der Waals surface area (Å²) in [5.41, 5.74) is 2.01. The zero-order valence-corrected chi connectivity index (χ0v) is 15.1. The number of hydrogen-bond donors (Lipinski definition) is 1. The summed E-state index contributed by atoms with van der Waals surface area (Å²) < 4.78 is 18.3. The summed E-state index contributed by atoms with van der Waals surface area (Å²) in [7, 11) is 0. The van der Waals surface area contributed by atoms with Gasteiger partial charge >= 0.3 is 0 Å². The van der Waals surface area contributed by atoms with Gasteiger partial charge in [0.05, 0.1) is 16.3 Å². The summed E-state index contributed by atoms with van der Waals surface area (Å²) in [6.07, 6.45) is 2.34. The van der Waals surface area contributed by atoms with Crippen molar-refractivity contribution in [2.75, 3.05) is 11.1 Å². The second kappa shape index (κ2) is 8.09. The monoisotopic (exact) mass is 372 g/mol. The number of halogens is 1. The first-order valence-electron chi connectivity index (χ1n) is 8.03. The molecule has 0 unspecified atom stereocenters. The fraction of sp³-hybridized carbons (Fsp3) is 0.222. The van der Waals surface area contributed by atoms with Crippen molar-refractivity contribution in [3.8, 4) is 11.5 Å². The van der Waals surface area contributed by atoms with Gasteiger partial charge in [-0.05, 0) is 42.8 Å². The van der Waals surface area contributed by atoms with Gasteiger partial charge in [-0.3, -0.25) is 4.79 Å². The summed E-state index contributed by atoms with van der Waals surface area (Å²) in [6, 6.07) is 7.87. The van der Waals surface area contributed by atoms with Crippen molar-refractivity contribution in [1.29, 1.82) is 0 Å². The summed E-state index contributed by atoms with van der Waals surface area (Å²) in [6.45, 7) is 3.69. The third kappa shape index (κ3) is 4.45. The molecule has 0 aliphatic heterocycles. The first kappa shape index (κ1) is 18.1. The number of carbonyl (C=O) groups excluding carboxylic acids is 1. The van der Waals surface area contributed by atoms with Crippen molar-refractivity contribution < 1.29 is 13.7 Å². The van der Waals surface area contributed by atoms with Crippen LogP contribution in [-0.2, 0) is 11.2 Å². The summed E-state index contributed by atoms with van der Waals surface area (Å²) >= 11 is 1.31. The second-order valence-electron chi connectivity index (χ2n) is 5.55. The molecule has 1 N–H and O–H groups in total. The Morgan fingerprint density at radius 2 is 2.15 bits per heavy atom. The van der Waals surface area contributed by atoms with Gasteiger partial charge in [0.1, 0.15) is 5.82 Å². The number of aromatic nitrogens is 3. The number of rotatable bonds is 6. The van der Waals surface area contributed by atoms with Gasteiger partial charge in [0, 0.05) is 18.3 Å². The van der Waals surface area contributed by atoms with Crippen LogP contribution in [0.25, 0.3) is 11.5 Å². The van der Waals surface area contributed by atoms with Crippen LogP contribution in [0.15, 0.2) is 46.1 Å². The molecule has 2 aromatic heterocycles. The number of amides is 1. The average Bonchev–Trinajstić information content (AvgIpc) is 3.12. The van der Waals surface area contributed by atoms with E-state index in [-0.39, 0.29) is 17.5 Å². The lowest BCUT2D eigenvalue weighted by molar-refractivity contribution is -0.113. The molecule has 2 heterocycles. The molecule has 26 heavy (non-hydrogen) atoms. The van der Waals surface area contributed by atoms with Crippen molar-refractivity contribution in [3.05, 3.63) is 53.7 Å². The van der Waals surface area contributed by atoms with Gasteiger partial charge in [0.25, 0.3) is 5.89 Å². The van der Waals surface area contributed by atoms with Crippen molar-refractivity contribution in [3.63, 3.8) is 0 Å². The molecule has 1 amide bonds. The van der Waals surface area contributed by atoms with Crippen LogP contribution < -0.4 is 5.32 Å². The molecule has 0 saturated carbocycles. The van der Waals surface area contributed by atoms with E-state index < -0.39 is 0 Å². The molecule has 3 aromatic rings. The highest BCUT2D eigenvalue weighted by Crippen LogP contribution is 2.22. The quantitative estimate of drug-likeness (QED) is 0.662. The lowest BCUT2D eigenvalue weighted by Crippen LogP contribution is -2.15. The molecule has 0 spiro atoms. The largest absolute Gasteiger partial charge is 0.334 e. The normalized spacial score (nSPS) is 10.7. The fourth-order valence-corrected chi connectivity index (χ4v) is 2.84. The zero-order valence-electron chi connectivity index (χ0n) is 14.3. The maximum atomic E-state index is 13.1. The Hall–Kier alpha value is -2.74. The van der Waals surface area contributed by atoms with Gasteiger partial charge in [-0.15, -0.1) is 0 Å². The lowest BCUT2D eigenvalue weighted by Gasteiger charge is -2.08. The zero-order chi connectivity index (χ0) is 18.5. The van der Waals surface area contributed by atoms with Gasteiger partial charge in [-0.1, -0.05) is 23.8 Å². The number of aryl methyl sites for hydroxylation is 2. The van der Waals surface area contributed by atoms with Crippen LogP contribution in [0.4, 0.5) is 10.1 Å². The van der Waals surface area contributed by atoms with Crippen molar-refractivity contribution in [2.24, 2.45) is 0 Å². The standard InChI is InChI=1S/C18H17FN4O2S/c1-3-15-22-18(25-23-15)12-4-7-17(20-9-12)26-10-16(24)21-14-6-5-13(19)8-11(14)2/h4-9H,3,10H2,1-2H3,(H,21,24). The Labute approximate surface area is 154 Å². The Morgan fingerprint density at radius 1 is 1.31 bits per heavy atom. The first-order chi connectivity index (χ1) is 12.5. The third-order valence-corrected chi connectivity index (χ3v) is 4.53. The third-order valence-electron chi connectivity index (χ3n) is 3.58. The number of nitrogens with one attached hydrogen (secondary N) is 1. The van der Waals surface area contributed by atoms with E-state index in [2.05, 4.69) is 20.4 Å². The Bertz CT molecular complexity index is 912. The molecule has 0 aliphatic carbocycles. The van der Waals surface area contributed by atoms with Crippen LogP contribution >= 0.6 is 11.8 Å². The molecule has 0 fully saturated rings. The Morgan fingerprint density at radius 3 is 2.81 bits per heavy atom. The molecular weight excluding hydrogens is 355 g/mol. The maximum absolute atomic E-state index is 13.1. The summed E-state index contributed by atoms with van der Waals surface area (Å²) in [4.78, 5) is 20.6. The van der Waals surface area contributed by atoms with Gasteiger partial charge in [0.15, 0.2) is 5.82 Å². The van der Waals surface area contributed by atoms with E-state index >= 15 is 0 Å². The van der Waals surface area contributed by atoms with Crippen LogP contribution in [0.2, 0.25) is 0 Å². The molecule has 0 atom stereocenters. The van der Waals surface area contributed by atoms with E-state index in [9.17, 15) is 9.18 Å². The fourth-order valence-electron chi connectivity index (χ4n) is 2.20. The number of hydrogen-bond acceptors (Lipinski definition) is 6. The number of nitrogens with zero attached hydrogens (tertiary/aromatic N) is 3. The predicted octanol–water partition coefficient (Wildman–Crippen LogP) is 3.87. The lowest BCUT2D eigenvalue weighted by atomic mass is 10.2. The van der Waals surface area contributed by atoms with E-state index in [1.807, 2.05) is 13.0 Å². The van der Waals surface area contributed by atoms with Gasteiger partial charge in [-0.2, -0.15) is 4.98 Å². The molecule has 0 saturated heterocycles. The van der Waals surface area contributed by atoms with Crippen LogP contribution in [-0.4, -0.2) is 26.8 Å². The highest BCUT2D eigenvalue weighted by Gasteiger charge is 2.10. The minimum absolute atomic E-state index is 0.180. The maximum Gasteiger partial charge on any atom is 0.259 e. The van der Waals surface area contributed by atoms with Crippen molar-refractivity contribution >= 4 is 23.4 Å². The molecule has 0 bridgehead atoms. The molecule has 1 aromatic carbocycles. The molecule has 6 nitrogen and oxygen atoms in total. The van der Waals surface area contributed by atoms with Crippen molar-refractivity contribution in [1.82, 2.24) is 15.1 Å². The van der Waals surface area contributed by atoms with Gasteiger partial charge < -0.3 is 9.84 Å². The summed E-state index contributed by atoms with van der Waals surface area (Å²) in [5, 5.41) is 7.32. The summed E-state index contributed by atoms with van der Waals surface area (Å²) in [5.74, 6) is 0.761. The van der Waals surface area contributed by atoms with Gasteiger partial charge in [-0.25, -0.2) is 9.37 Å². The first-order valence-corrected chi connectivity index (χ1v) is 9.01. The minimum atomic E-state index is -0.327. The minimum Gasteiger partial charge on any atom is -0.334 e. The number of carbonyl (C=O) groups is 1. The Balaban J connectivity index is 1.56. The van der Waals surface area contributed by atoms with Gasteiger partial charge in [0.2, 0.25) is 5.91 Å². The molecule has 0 radical (unpaired) electrons. The highest BCUT2D eigenvalue weighted by molar-refractivity contribution is 7.99. The van der Waals surface area contributed by atoms with Crippen molar-refractivity contribution in [2.45, 2.75) is 25.3 Å². The average molecular weight is 372 g/mol. The number of pyridine rings is 1. The number of thioether (sulfide) groups is 1. The molecule has 8 heteroatoms. The SMILES string of the molecule is CCc1noc(-c2ccc(SCC(=O)Nc3ccc(F)cc3C)nc2)n1. The Kier molecular flexibility index (Phi) is 5.62. The number of anilines is 1. The highest BCUT2D eigenvalue weighted by atomic mass is 32.2. The molecule has 3 rings (SSSR count). The second-order valence-corrected chi connectivity index (χ2v) is 6.55. The van der Waals surface area contributed by atoms with E-state index in [0.29, 0.717) is 34.4 Å². The molecule has 134 valence electrons. The van der Waals surface area contributed by atoms with Crippen LogP contribution in [0.3, 0.4) is 0 Å². The van der Waals surface area contributed by atoms with Crippen LogP contribution in [0.1, 0.15) is 18.3 Å². The van der Waals surface area contributed by atoms with E-state index in [4.69, 9.17) is 4.52 Å².